The maximum Gasteiger partial charge on any atom is 0.338 e. The SMILES string of the molecule is C=CCOC(=O)C1=C(C)Nc2nc(SCc3ccccc3F)nn2C1c1c[nH]c2ccccc12. The van der Waals surface area contributed by atoms with Gasteiger partial charge in [0.1, 0.15) is 18.5 Å². The van der Waals surface area contributed by atoms with E-state index in [1.165, 1.54) is 23.9 Å². The van der Waals surface area contributed by atoms with Crippen molar-refractivity contribution >= 4 is 34.6 Å². The summed E-state index contributed by atoms with van der Waals surface area (Å²) in [6.45, 7) is 5.54. The molecule has 0 saturated heterocycles. The summed E-state index contributed by atoms with van der Waals surface area (Å²) < 4.78 is 21.2. The minimum absolute atomic E-state index is 0.101. The lowest BCUT2D eigenvalue weighted by Gasteiger charge is -2.27. The number of hydrogen-bond acceptors (Lipinski definition) is 6. The second-order valence-corrected chi connectivity index (χ2v) is 8.73. The highest BCUT2D eigenvalue weighted by Gasteiger charge is 2.36. The van der Waals surface area contributed by atoms with Crippen LogP contribution in [-0.4, -0.2) is 32.3 Å². The zero-order chi connectivity index (χ0) is 23.7. The summed E-state index contributed by atoms with van der Waals surface area (Å²) in [5.41, 5.74) is 3.47. The van der Waals surface area contributed by atoms with E-state index in [1.54, 1.807) is 22.9 Å². The van der Waals surface area contributed by atoms with Crippen LogP contribution < -0.4 is 5.32 Å². The van der Waals surface area contributed by atoms with Crippen molar-refractivity contribution in [3.8, 4) is 0 Å². The number of carbonyl (C=O) groups excluding carboxylic acids is 1. The third kappa shape index (κ3) is 3.99. The Morgan fingerprint density at radius 2 is 2.06 bits per heavy atom. The Balaban J connectivity index is 1.55. The lowest BCUT2D eigenvalue weighted by molar-refractivity contribution is -0.138. The number of nitrogens with zero attached hydrogens (tertiary/aromatic N) is 3. The van der Waals surface area contributed by atoms with Gasteiger partial charge in [-0.3, -0.25) is 0 Å². The highest BCUT2D eigenvalue weighted by Crippen LogP contribution is 2.39. The van der Waals surface area contributed by atoms with Crippen LogP contribution in [0.5, 0.6) is 0 Å². The number of carbonyl (C=O) groups is 1. The van der Waals surface area contributed by atoms with Gasteiger partial charge < -0.3 is 15.0 Å². The molecule has 0 spiro atoms. The van der Waals surface area contributed by atoms with Gasteiger partial charge in [0.2, 0.25) is 11.1 Å². The second-order valence-electron chi connectivity index (χ2n) is 7.79. The van der Waals surface area contributed by atoms with Crippen LogP contribution in [0.2, 0.25) is 0 Å². The van der Waals surface area contributed by atoms with Crippen LogP contribution in [0.4, 0.5) is 10.3 Å². The number of esters is 1. The van der Waals surface area contributed by atoms with Gasteiger partial charge in [0, 0.05) is 34.1 Å². The molecule has 2 aromatic heterocycles. The quantitative estimate of drug-likeness (QED) is 0.217. The number of aromatic amines is 1. The predicted molar refractivity (Wildman–Crippen MR) is 130 cm³/mol. The lowest BCUT2D eigenvalue weighted by Crippen LogP contribution is -2.29. The molecule has 1 unspecified atom stereocenters. The van der Waals surface area contributed by atoms with E-state index in [4.69, 9.17) is 9.84 Å². The number of halogens is 1. The number of benzene rings is 2. The molecule has 0 radical (unpaired) electrons. The van der Waals surface area contributed by atoms with E-state index < -0.39 is 12.0 Å². The van der Waals surface area contributed by atoms with Crippen LogP contribution in [0.25, 0.3) is 10.9 Å². The van der Waals surface area contributed by atoms with E-state index in [-0.39, 0.29) is 12.4 Å². The van der Waals surface area contributed by atoms with Crippen molar-refractivity contribution in [3.05, 3.63) is 95.6 Å². The number of thioether (sulfide) groups is 1. The normalized spacial score (nSPS) is 15.2. The molecule has 0 amide bonds. The van der Waals surface area contributed by atoms with Crippen LogP contribution in [0.3, 0.4) is 0 Å². The van der Waals surface area contributed by atoms with Crippen LogP contribution in [-0.2, 0) is 15.3 Å². The average molecular weight is 476 g/mol. The third-order valence-electron chi connectivity index (χ3n) is 5.62. The van der Waals surface area contributed by atoms with Gasteiger partial charge in [0.25, 0.3) is 0 Å². The summed E-state index contributed by atoms with van der Waals surface area (Å²) in [6, 6.07) is 14.0. The van der Waals surface area contributed by atoms with Gasteiger partial charge in [-0.25, -0.2) is 13.9 Å². The Morgan fingerprint density at radius 1 is 1.26 bits per heavy atom. The monoisotopic (exact) mass is 475 g/mol. The number of fused-ring (bicyclic) bond motifs is 2. The number of rotatable bonds is 7. The second kappa shape index (κ2) is 9.18. The summed E-state index contributed by atoms with van der Waals surface area (Å²) in [6.07, 6.45) is 3.41. The maximum absolute atomic E-state index is 14.1. The zero-order valence-electron chi connectivity index (χ0n) is 18.4. The van der Waals surface area contributed by atoms with E-state index in [2.05, 4.69) is 21.9 Å². The summed E-state index contributed by atoms with van der Waals surface area (Å²) in [5.74, 6) is 0.165. The van der Waals surface area contributed by atoms with E-state index >= 15 is 0 Å². The first-order chi connectivity index (χ1) is 16.6. The van der Waals surface area contributed by atoms with E-state index in [9.17, 15) is 9.18 Å². The van der Waals surface area contributed by atoms with Gasteiger partial charge in [0.15, 0.2) is 0 Å². The number of allylic oxidation sites excluding steroid dienone is 1. The van der Waals surface area contributed by atoms with Crippen molar-refractivity contribution in [1.82, 2.24) is 19.7 Å². The molecule has 7 nitrogen and oxygen atoms in total. The molecule has 172 valence electrons. The Bertz CT molecular complexity index is 1420. The molecule has 3 heterocycles. The van der Waals surface area contributed by atoms with Crippen molar-refractivity contribution in [3.63, 3.8) is 0 Å². The summed E-state index contributed by atoms with van der Waals surface area (Å²) in [7, 11) is 0. The van der Waals surface area contributed by atoms with Gasteiger partial charge in [-0.15, -0.1) is 5.10 Å². The first kappa shape index (κ1) is 22.0. The molecule has 1 aliphatic heterocycles. The molecule has 2 aromatic carbocycles. The number of ether oxygens (including phenoxy) is 1. The van der Waals surface area contributed by atoms with Crippen LogP contribution in [0.15, 0.2) is 83.8 Å². The Labute approximate surface area is 199 Å². The van der Waals surface area contributed by atoms with Crippen LogP contribution >= 0.6 is 11.8 Å². The Morgan fingerprint density at radius 3 is 2.88 bits per heavy atom. The molecule has 1 aliphatic rings. The number of nitrogens with one attached hydrogen (secondary N) is 2. The largest absolute Gasteiger partial charge is 0.458 e. The van der Waals surface area contributed by atoms with E-state index in [1.807, 2.05) is 37.4 Å². The third-order valence-corrected chi connectivity index (χ3v) is 6.50. The number of para-hydroxylation sites is 1. The molecule has 0 saturated carbocycles. The molecule has 1 atom stereocenters. The highest BCUT2D eigenvalue weighted by atomic mass is 32.2. The fraction of sp³-hybridized carbons (Fsp3) is 0.160. The molecule has 5 rings (SSSR count). The van der Waals surface area contributed by atoms with Gasteiger partial charge in [0.05, 0.1) is 5.57 Å². The number of hydrogen-bond donors (Lipinski definition) is 2. The summed E-state index contributed by atoms with van der Waals surface area (Å²) in [5, 5.41) is 9.32. The zero-order valence-corrected chi connectivity index (χ0v) is 19.2. The number of H-pyrrole nitrogens is 1. The smallest absolute Gasteiger partial charge is 0.338 e. The summed E-state index contributed by atoms with van der Waals surface area (Å²) in [4.78, 5) is 21.0. The predicted octanol–water partition coefficient (Wildman–Crippen LogP) is 5.21. The Hall–Kier alpha value is -3.85. The molecular weight excluding hydrogens is 453 g/mol. The first-order valence-corrected chi connectivity index (χ1v) is 11.7. The van der Waals surface area contributed by atoms with E-state index in [0.717, 1.165) is 16.5 Å². The van der Waals surface area contributed by atoms with Crippen LogP contribution in [0.1, 0.15) is 24.1 Å². The average Bonchev–Trinajstić information content (AvgIpc) is 3.45. The van der Waals surface area contributed by atoms with Gasteiger partial charge in [-0.1, -0.05) is 60.8 Å². The molecule has 34 heavy (non-hydrogen) atoms. The molecule has 0 bridgehead atoms. The summed E-state index contributed by atoms with van der Waals surface area (Å²) >= 11 is 1.33. The standard InChI is InChI=1S/C25H22FN5O2S/c1-3-12-33-23(32)21-15(2)28-24-29-25(34-14-16-8-4-6-10-19(16)26)30-31(24)22(21)18-13-27-20-11-7-5-9-17(18)20/h3-11,13,22,27H,1,12,14H2,2H3,(H,28,29,30). The fourth-order valence-electron chi connectivity index (χ4n) is 4.03. The highest BCUT2D eigenvalue weighted by molar-refractivity contribution is 7.98. The molecule has 0 fully saturated rings. The minimum Gasteiger partial charge on any atom is -0.458 e. The first-order valence-electron chi connectivity index (χ1n) is 10.7. The maximum atomic E-state index is 14.1. The Kier molecular flexibility index (Phi) is 5.93. The van der Waals surface area contributed by atoms with Crippen molar-refractivity contribution in [2.75, 3.05) is 11.9 Å². The van der Waals surface area contributed by atoms with Gasteiger partial charge >= 0.3 is 5.97 Å². The molecular formula is C25H22FN5O2S. The molecule has 9 heteroatoms. The van der Waals surface area contributed by atoms with Crippen LogP contribution in [0, 0.1) is 5.82 Å². The lowest BCUT2D eigenvalue weighted by atomic mass is 9.95. The van der Waals surface area contributed by atoms with Gasteiger partial charge in [-0.05, 0) is 24.6 Å². The number of aromatic nitrogens is 4. The van der Waals surface area contributed by atoms with E-state index in [0.29, 0.717) is 33.7 Å². The molecule has 4 aromatic rings. The molecule has 2 N–H and O–H groups in total. The van der Waals surface area contributed by atoms with Crippen molar-refractivity contribution in [2.45, 2.75) is 23.9 Å². The topological polar surface area (TPSA) is 84.8 Å². The van der Waals surface area contributed by atoms with Crippen molar-refractivity contribution in [2.24, 2.45) is 0 Å². The van der Waals surface area contributed by atoms with Crippen molar-refractivity contribution < 1.29 is 13.9 Å². The van der Waals surface area contributed by atoms with Crippen molar-refractivity contribution in [1.29, 1.82) is 0 Å². The fourth-order valence-corrected chi connectivity index (χ4v) is 4.85. The number of anilines is 1. The minimum atomic E-state index is -0.556. The van der Waals surface area contributed by atoms with Gasteiger partial charge in [-0.2, -0.15) is 4.98 Å². The molecule has 0 aliphatic carbocycles.